The molecule has 310 valence electrons. The van der Waals surface area contributed by atoms with E-state index in [0.29, 0.717) is 47.7 Å². The van der Waals surface area contributed by atoms with Crippen molar-refractivity contribution in [1.82, 2.24) is 0 Å². The molecule has 0 aliphatic heterocycles. The summed E-state index contributed by atoms with van der Waals surface area (Å²) in [5.74, 6) is 3.61. The minimum atomic E-state index is -0.631. The van der Waals surface area contributed by atoms with E-state index >= 15 is 0 Å². The monoisotopic (exact) mass is 771 g/mol. The van der Waals surface area contributed by atoms with Crippen LogP contribution >= 0.6 is 0 Å². The largest absolute Gasteiger partial charge is 0.490 e. The highest BCUT2D eigenvalue weighted by molar-refractivity contribution is 5.90. The predicted molar refractivity (Wildman–Crippen MR) is 230 cm³/mol. The van der Waals surface area contributed by atoms with E-state index in [1.807, 2.05) is 0 Å². The van der Waals surface area contributed by atoms with Gasteiger partial charge in [0.15, 0.2) is 0 Å². The fourth-order valence-corrected chi connectivity index (χ4v) is 8.24. The zero-order chi connectivity index (χ0) is 39.8. The normalized spacial score (nSPS) is 21.1. The van der Waals surface area contributed by atoms with Gasteiger partial charge >= 0.3 is 11.9 Å². The molecule has 2 atom stereocenters. The molecule has 0 amide bonds. The van der Waals surface area contributed by atoms with E-state index in [2.05, 4.69) is 38.2 Å². The molecule has 6 nitrogen and oxygen atoms in total. The molecule has 0 aromatic heterocycles. The molecule has 2 aliphatic rings. The second-order valence-electron chi connectivity index (χ2n) is 16.7. The first-order chi connectivity index (χ1) is 27.3. The Morgan fingerprint density at radius 3 is 1.25 bits per heavy atom. The number of hydrogen-bond acceptors (Lipinski definition) is 6. The maximum Gasteiger partial charge on any atom is 0.338 e. The lowest BCUT2D eigenvalue weighted by atomic mass is 9.79. The van der Waals surface area contributed by atoms with Crippen LogP contribution in [0.25, 0.3) is 0 Å². The van der Waals surface area contributed by atoms with Gasteiger partial charge in [-0.15, -0.1) is 0 Å². The molecule has 0 spiro atoms. The van der Waals surface area contributed by atoms with Crippen LogP contribution in [0.1, 0.15) is 177 Å². The molecule has 56 heavy (non-hydrogen) atoms. The Morgan fingerprint density at radius 2 is 0.893 bits per heavy atom. The summed E-state index contributed by atoms with van der Waals surface area (Å²) in [5.41, 5.74) is 0.836. The van der Waals surface area contributed by atoms with Crippen molar-refractivity contribution in [2.75, 3.05) is 13.2 Å². The van der Waals surface area contributed by atoms with Gasteiger partial charge in [-0.25, -0.2) is 9.59 Å². The van der Waals surface area contributed by atoms with Gasteiger partial charge in [-0.1, -0.05) is 115 Å². The van der Waals surface area contributed by atoms with E-state index in [9.17, 15) is 9.59 Å². The third-order valence-electron chi connectivity index (χ3n) is 12.2. The van der Waals surface area contributed by atoms with Gasteiger partial charge in [0.05, 0.1) is 11.1 Å². The van der Waals surface area contributed by atoms with Crippen LogP contribution in [0.4, 0.5) is 0 Å². The van der Waals surface area contributed by atoms with E-state index < -0.39 is 24.1 Å². The lowest BCUT2D eigenvalue weighted by Gasteiger charge is -2.26. The van der Waals surface area contributed by atoms with Gasteiger partial charge in [-0.2, -0.15) is 0 Å². The van der Waals surface area contributed by atoms with E-state index in [1.165, 1.54) is 128 Å². The number of esters is 2. The second-order valence-corrected chi connectivity index (χ2v) is 16.7. The molecule has 4 rings (SSSR count). The van der Waals surface area contributed by atoms with Crippen LogP contribution in [0.15, 0.2) is 72.8 Å². The molecule has 6 heteroatoms. The lowest BCUT2D eigenvalue weighted by molar-refractivity contribution is -0.0239. The summed E-state index contributed by atoms with van der Waals surface area (Å²) in [4.78, 5) is 25.7. The Labute approximate surface area is 340 Å². The summed E-state index contributed by atoms with van der Waals surface area (Å²) in [6.45, 7) is 9.03. The minimum Gasteiger partial charge on any atom is -0.490 e. The number of hydrogen-bond donors (Lipinski definition) is 0. The topological polar surface area (TPSA) is 71.1 Å². The molecule has 0 unspecified atom stereocenters. The van der Waals surface area contributed by atoms with E-state index in [-0.39, 0.29) is 0 Å². The van der Waals surface area contributed by atoms with Gasteiger partial charge in [0.1, 0.15) is 36.9 Å². The van der Waals surface area contributed by atoms with Gasteiger partial charge < -0.3 is 18.9 Å². The second kappa shape index (κ2) is 26.4. The third kappa shape index (κ3) is 17.3. The lowest BCUT2D eigenvalue weighted by Crippen LogP contribution is -2.30. The average Bonchev–Trinajstić information content (AvgIpc) is 3.22. The summed E-state index contributed by atoms with van der Waals surface area (Å²) < 4.78 is 23.1. The molecule has 0 N–H and O–H groups in total. The highest BCUT2D eigenvalue weighted by atomic mass is 16.6. The SMILES string of the molecule is CCCCCCCC1CCC(/C=C/COc2ccc(C(=O)O[C@H](C)[C@@H](C)OC(=O)c3ccc(OC/C=C/C4CCC(CCCCCCC)CC4)cc3)cc2)CC1. The fraction of sp³-hybridized carbons (Fsp3) is 0.640. The maximum absolute atomic E-state index is 12.9. The number of carbonyl (C=O) groups is 2. The van der Waals surface area contributed by atoms with Crippen molar-refractivity contribution in [3.63, 3.8) is 0 Å². The molecule has 0 heterocycles. The molecule has 0 saturated heterocycles. The summed E-state index contributed by atoms with van der Waals surface area (Å²) in [6.07, 6.45) is 34.7. The highest BCUT2D eigenvalue weighted by Gasteiger charge is 2.23. The summed E-state index contributed by atoms with van der Waals surface area (Å²) >= 11 is 0. The first-order valence-electron chi connectivity index (χ1n) is 22.6. The number of unbranched alkanes of at least 4 members (excludes halogenated alkanes) is 8. The molecular formula is C50H74O6. The molecule has 2 saturated carbocycles. The summed E-state index contributed by atoms with van der Waals surface area (Å²) in [6, 6.07) is 14.0. The standard InChI is InChI=1S/C50H74O6/c1-5-7-9-11-13-17-41-21-25-43(26-22-41)19-15-37-53-47-33-29-45(30-34-47)49(51)55-39(3)40(4)56-50(52)46-31-35-48(36-32-46)54-38-16-20-44-27-23-42(24-28-44)18-14-12-10-8-6-2/h15-16,19-20,29-36,39-44H,5-14,17-18,21-28,37-38H2,1-4H3/b19-15+,20-16+/t39-,40-,41?,42?,43?,44?/m1/s1. The Hall–Kier alpha value is -3.54. The molecule has 2 fully saturated rings. The van der Waals surface area contributed by atoms with Gasteiger partial charge in [0, 0.05) is 0 Å². The summed E-state index contributed by atoms with van der Waals surface area (Å²) in [7, 11) is 0. The van der Waals surface area contributed by atoms with Gasteiger partial charge in [0.2, 0.25) is 0 Å². The van der Waals surface area contributed by atoms with Crippen LogP contribution in [0, 0.1) is 23.7 Å². The van der Waals surface area contributed by atoms with Crippen molar-refractivity contribution in [3.05, 3.63) is 84.0 Å². The number of benzene rings is 2. The van der Waals surface area contributed by atoms with Crippen LogP contribution < -0.4 is 9.47 Å². The van der Waals surface area contributed by atoms with Crippen molar-refractivity contribution in [2.24, 2.45) is 23.7 Å². The molecule has 0 radical (unpaired) electrons. The number of rotatable bonds is 25. The Morgan fingerprint density at radius 1 is 0.536 bits per heavy atom. The minimum absolute atomic E-state index is 0.418. The molecule has 2 aromatic rings. The number of ether oxygens (including phenoxy) is 4. The average molecular weight is 771 g/mol. The Kier molecular flexibility index (Phi) is 21.3. The van der Waals surface area contributed by atoms with Crippen LogP contribution in [-0.4, -0.2) is 37.4 Å². The maximum atomic E-state index is 12.9. The van der Waals surface area contributed by atoms with Crippen LogP contribution in [0.2, 0.25) is 0 Å². The molecule has 2 aliphatic carbocycles. The van der Waals surface area contributed by atoms with E-state index in [4.69, 9.17) is 18.9 Å². The molecular weight excluding hydrogens is 697 g/mol. The van der Waals surface area contributed by atoms with Crippen molar-refractivity contribution in [3.8, 4) is 11.5 Å². The highest BCUT2D eigenvalue weighted by Crippen LogP contribution is 2.34. The first-order valence-corrected chi connectivity index (χ1v) is 22.6. The fourth-order valence-electron chi connectivity index (χ4n) is 8.24. The van der Waals surface area contributed by atoms with Crippen LogP contribution in [0.5, 0.6) is 11.5 Å². The van der Waals surface area contributed by atoms with Crippen molar-refractivity contribution < 1.29 is 28.5 Å². The Bertz CT molecular complexity index is 1300. The summed E-state index contributed by atoms with van der Waals surface area (Å²) in [5, 5.41) is 0. The van der Waals surface area contributed by atoms with Gasteiger partial charge in [-0.05, 0) is 137 Å². The van der Waals surface area contributed by atoms with Gasteiger partial charge in [0.25, 0.3) is 0 Å². The van der Waals surface area contributed by atoms with Crippen LogP contribution in [0.3, 0.4) is 0 Å². The first kappa shape index (κ1) is 45.2. The Balaban J connectivity index is 1.07. The number of allylic oxidation sites excluding steroid dienone is 2. The zero-order valence-corrected chi connectivity index (χ0v) is 35.4. The zero-order valence-electron chi connectivity index (χ0n) is 35.4. The van der Waals surface area contributed by atoms with Crippen molar-refractivity contribution in [2.45, 2.75) is 168 Å². The third-order valence-corrected chi connectivity index (χ3v) is 12.2. The number of carbonyl (C=O) groups excluding carboxylic acids is 2. The quantitative estimate of drug-likeness (QED) is 0.0569. The predicted octanol–water partition coefficient (Wildman–Crippen LogP) is 13.7. The van der Waals surface area contributed by atoms with E-state index in [1.54, 1.807) is 62.4 Å². The van der Waals surface area contributed by atoms with Crippen molar-refractivity contribution in [1.29, 1.82) is 0 Å². The van der Waals surface area contributed by atoms with E-state index in [0.717, 1.165) is 11.8 Å². The van der Waals surface area contributed by atoms with Crippen LogP contribution in [-0.2, 0) is 9.47 Å². The smallest absolute Gasteiger partial charge is 0.338 e. The van der Waals surface area contributed by atoms with Gasteiger partial charge in [-0.3, -0.25) is 0 Å². The molecule has 2 aromatic carbocycles. The molecule has 0 bridgehead atoms. The van der Waals surface area contributed by atoms with Crippen molar-refractivity contribution >= 4 is 11.9 Å².